The fraction of sp³-hybridized carbons (Fsp3) is 0. The fourth-order valence-corrected chi connectivity index (χ4v) is 2.67. The summed E-state index contributed by atoms with van der Waals surface area (Å²) in [5, 5.41) is 0. The van der Waals surface area contributed by atoms with Gasteiger partial charge < -0.3 is 0 Å². The first-order valence-electron chi connectivity index (χ1n) is 6.49. The standard InChI is InChI=1S/C18H12F2S.BrH/c19-14-8-4-12(5-9-14)16-2-1-3-17(21)18(16)13-6-10-15(20)11-7-13;/h1-11,21H;1H. The van der Waals surface area contributed by atoms with Crippen LogP contribution < -0.4 is 0 Å². The van der Waals surface area contributed by atoms with Crippen LogP contribution in [0.1, 0.15) is 0 Å². The number of hydrogen-bond donors (Lipinski definition) is 1. The van der Waals surface area contributed by atoms with Crippen molar-refractivity contribution in [2.75, 3.05) is 0 Å². The Labute approximate surface area is 144 Å². The van der Waals surface area contributed by atoms with E-state index in [2.05, 4.69) is 12.6 Å². The van der Waals surface area contributed by atoms with Gasteiger partial charge >= 0.3 is 0 Å². The minimum atomic E-state index is -0.279. The molecule has 3 aromatic carbocycles. The van der Waals surface area contributed by atoms with Gasteiger partial charge in [-0.3, -0.25) is 0 Å². The Morgan fingerprint density at radius 3 is 1.68 bits per heavy atom. The van der Waals surface area contributed by atoms with Gasteiger partial charge in [0.2, 0.25) is 0 Å². The molecule has 3 rings (SSSR count). The Bertz CT molecular complexity index is 768. The predicted molar refractivity (Wildman–Crippen MR) is 94.8 cm³/mol. The van der Waals surface area contributed by atoms with E-state index in [1.165, 1.54) is 24.3 Å². The fourth-order valence-electron chi connectivity index (χ4n) is 2.33. The molecule has 0 bridgehead atoms. The first kappa shape index (κ1) is 16.7. The maximum absolute atomic E-state index is 13.1. The number of halogens is 3. The summed E-state index contributed by atoms with van der Waals surface area (Å²) in [5.74, 6) is -0.553. The summed E-state index contributed by atoms with van der Waals surface area (Å²) >= 11 is 4.51. The van der Waals surface area contributed by atoms with Gasteiger partial charge in [-0.05, 0) is 47.0 Å². The Morgan fingerprint density at radius 1 is 0.636 bits per heavy atom. The lowest BCUT2D eigenvalue weighted by molar-refractivity contribution is 0.627. The molecule has 0 heterocycles. The molecule has 0 saturated heterocycles. The molecule has 0 nitrogen and oxygen atoms in total. The molecule has 0 saturated carbocycles. The lowest BCUT2D eigenvalue weighted by Gasteiger charge is -2.13. The van der Waals surface area contributed by atoms with E-state index in [1.54, 1.807) is 24.3 Å². The van der Waals surface area contributed by atoms with Gasteiger partial charge in [0.15, 0.2) is 0 Å². The quantitative estimate of drug-likeness (QED) is 0.506. The van der Waals surface area contributed by atoms with E-state index in [1.807, 2.05) is 18.2 Å². The SMILES string of the molecule is Br.Fc1ccc(-c2cccc(S)c2-c2ccc(F)cc2)cc1. The summed E-state index contributed by atoms with van der Waals surface area (Å²) in [7, 11) is 0. The molecule has 0 aromatic heterocycles. The highest BCUT2D eigenvalue weighted by Crippen LogP contribution is 2.36. The van der Waals surface area contributed by atoms with Gasteiger partial charge in [-0.2, -0.15) is 0 Å². The Morgan fingerprint density at radius 2 is 1.14 bits per heavy atom. The van der Waals surface area contributed by atoms with Gasteiger partial charge in [-0.25, -0.2) is 8.78 Å². The molecule has 0 N–H and O–H groups in total. The largest absolute Gasteiger partial charge is 0.207 e. The first-order chi connectivity index (χ1) is 10.1. The van der Waals surface area contributed by atoms with Crippen LogP contribution in [0.2, 0.25) is 0 Å². The molecule has 0 aliphatic carbocycles. The van der Waals surface area contributed by atoms with E-state index in [4.69, 9.17) is 0 Å². The molecule has 0 radical (unpaired) electrons. The van der Waals surface area contributed by atoms with Crippen LogP contribution in [0.4, 0.5) is 8.78 Å². The van der Waals surface area contributed by atoms with Gasteiger partial charge in [0, 0.05) is 10.5 Å². The second-order valence-corrected chi connectivity index (χ2v) is 5.20. The first-order valence-corrected chi connectivity index (χ1v) is 6.94. The highest BCUT2D eigenvalue weighted by atomic mass is 79.9. The normalized spacial score (nSPS) is 10.1. The zero-order valence-corrected chi connectivity index (χ0v) is 14.1. The van der Waals surface area contributed by atoms with Crippen LogP contribution in [0.15, 0.2) is 71.6 Å². The van der Waals surface area contributed by atoms with Crippen molar-refractivity contribution < 1.29 is 8.78 Å². The van der Waals surface area contributed by atoms with E-state index < -0.39 is 0 Å². The lowest BCUT2D eigenvalue weighted by Crippen LogP contribution is -1.88. The second kappa shape index (κ2) is 7.07. The highest BCUT2D eigenvalue weighted by Gasteiger charge is 2.10. The minimum absolute atomic E-state index is 0. The van der Waals surface area contributed by atoms with Crippen LogP contribution in [-0.4, -0.2) is 0 Å². The summed E-state index contributed by atoms with van der Waals surface area (Å²) in [6, 6.07) is 18.3. The third-order valence-corrected chi connectivity index (χ3v) is 3.70. The summed E-state index contributed by atoms with van der Waals surface area (Å²) in [6.45, 7) is 0. The summed E-state index contributed by atoms with van der Waals surface area (Å²) < 4.78 is 26.2. The van der Waals surface area contributed by atoms with Gasteiger partial charge in [0.25, 0.3) is 0 Å². The Balaban J connectivity index is 0.00000176. The van der Waals surface area contributed by atoms with Crippen LogP contribution in [0, 0.1) is 11.6 Å². The molecular formula is C18H13BrF2S. The molecule has 0 fully saturated rings. The second-order valence-electron chi connectivity index (χ2n) is 4.71. The van der Waals surface area contributed by atoms with Crippen LogP contribution >= 0.6 is 29.6 Å². The average molecular weight is 379 g/mol. The summed E-state index contributed by atoms with van der Waals surface area (Å²) in [4.78, 5) is 0.795. The third-order valence-electron chi connectivity index (χ3n) is 3.33. The molecular weight excluding hydrogens is 366 g/mol. The summed E-state index contributed by atoms with van der Waals surface area (Å²) in [6.07, 6.45) is 0. The van der Waals surface area contributed by atoms with Crippen molar-refractivity contribution in [1.82, 2.24) is 0 Å². The number of benzene rings is 3. The minimum Gasteiger partial charge on any atom is -0.207 e. The number of thiol groups is 1. The zero-order valence-electron chi connectivity index (χ0n) is 11.5. The number of rotatable bonds is 2. The molecule has 0 spiro atoms. The lowest BCUT2D eigenvalue weighted by atomic mass is 9.94. The van der Waals surface area contributed by atoms with Crippen molar-refractivity contribution in [1.29, 1.82) is 0 Å². The maximum Gasteiger partial charge on any atom is 0.123 e. The molecule has 0 amide bonds. The van der Waals surface area contributed by atoms with E-state index in [0.29, 0.717) is 0 Å². The molecule has 0 aliphatic heterocycles. The van der Waals surface area contributed by atoms with Crippen LogP contribution in [0.25, 0.3) is 22.3 Å². The smallest absolute Gasteiger partial charge is 0.123 e. The molecule has 0 aliphatic rings. The topological polar surface area (TPSA) is 0 Å². The van der Waals surface area contributed by atoms with Crippen LogP contribution in [0.5, 0.6) is 0 Å². The zero-order chi connectivity index (χ0) is 14.8. The molecule has 112 valence electrons. The van der Waals surface area contributed by atoms with Crippen LogP contribution in [-0.2, 0) is 0 Å². The predicted octanol–water partition coefficient (Wildman–Crippen LogP) is 6.17. The molecule has 0 unspecified atom stereocenters. The van der Waals surface area contributed by atoms with Crippen molar-refractivity contribution in [3.05, 3.63) is 78.4 Å². The summed E-state index contributed by atoms with van der Waals surface area (Å²) in [5.41, 5.74) is 3.62. The third kappa shape index (κ3) is 3.39. The Hall–Kier alpha value is -1.65. The van der Waals surface area contributed by atoms with Crippen molar-refractivity contribution in [2.45, 2.75) is 4.90 Å². The van der Waals surface area contributed by atoms with Crippen molar-refractivity contribution in [2.24, 2.45) is 0 Å². The van der Waals surface area contributed by atoms with Crippen molar-refractivity contribution in [3.8, 4) is 22.3 Å². The van der Waals surface area contributed by atoms with Gasteiger partial charge in [0.05, 0.1) is 0 Å². The number of hydrogen-bond acceptors (Lipinski definition) is 1. The van der Waals surface area contributed by atoms with Crippen LogP contribution in [0.3, 0.4) is 0 Å². The van der Waals surface area contributed by atoms with Crippen molar-refractivity contribution in [3.63, 3.8) is 0 Å². The molecule has 4 heteroatoms. The molecule has 0 atom stereocenters. The van der Waals surface area contributed by atoms with E-state index >= 15 is 0 Å². The molecule has 3 aromatic rings. The monoisotopic (exact) mass is 378 g/mol. The molecule has 22 heavy (non-hydrogen) atoms. The van der Waals surface area contributed by atoms with E-state index in [9.17, 15) is 8.78 Å². The van der Waals surface area contributed by atoms with E-state index in [0.717, 1.165) is 27.1 Å². The van der Waals surface area contributed by atoms with Gasteiger partial charge in [-0.1, -0.05) is 36.4 Å². The maximum atomic E-state index is 13.1. The Kier molecular flexibility index (Phi) is 5.37. The van der Waals surface area contributed by atoms with Crippen molar-refractivity contribution >= 4 is 29.6 Å². The van der Waals surface area contributed by atoms with Gasteiger partial charge in [-0.15, -0.1) is 29.6 Å². The average Bonchev–Trinajstić information content (AvgIpc) is 2.49. The highest BCUT2D eigenvalue weighted by molar-refractivity contribution is 8.93. The van der Waals surface area contributed by atoms with E-state index in [-0.39, 0.29) is 28.6 Å². The van der Waals surface area contributed by atoms with Gasteiger partial charge in [0.1, 0.15) is 11.6 Å².